The standard InChI is InChI=1S/C34H38OS2/c1-2-3-4-5-6-7-8-9-10-14-21-35-30-19-17-27(18-20-30)32-23-29-25-33-28(24-34(29)37-32)22-31(36-33)26-15-12-11-13-16-26/h11-13,15-20,22-25H,2-10,14,21H2,1H3. The molecule has 2 heterocycles. The Kier molecular flexibility index (Phi) is 9.32. The first-order valence-corrected chi connectivity index (χ1v) is 15.7. The molecule has 5 aromatic rings. The van der Waals surface area contributed by atoms with Crippen LogP contribution in [0.1, 0.15) is 71.1 Å². The van der Waals surface area contributed by atoms with Gasteiger partial charge in [0.05, 0.1) is 6.61 Å². The summed E-state index contributed by atoms with van der Waals surface area (Å²) in [5.74, 6) is 0.981. The summed E-state index contributed by atoms with van der Waals surface area (Å²) in [6, 6.07) is 28.7. The van der Waals surface area contributed by atoms with Gasteiger partial charge in [0.25, 0.3) is 0 Å². The first-order valence-electron chi connectivity index (χ1n) is 14.1. The van der Waals surface area contributed by atoms with Gasteiger partial charge in [-0.3, -0.25) is 0 Å². The van der Waals surface area contributed by atoms with Gasteiger partial charge < -0.3 is 4.74 Å². The van der Waals surface area contributed by atoms with Crippen LogP contribution in [0.15, 0.2) is 78.9 Å². The van der Waals surface area contributed by atoms with E-state index < -0.39 is 0 Å². The van der Waals surface area contributed by atoms with Crippen molar-refractivity contribution >= 4 is 42.8 Å². The van der Waals surface area contributed by atoms with Crippen LogP contribution in [0.25, 0.3) is 41.1 Å². The monoisotopic (exact) mass is 526 g/mol. The van der Waals surface area contributed by atoms with Crippen molar-refractivity contribution in [3.8, 4) is 26.6 Å². The van der Waals surface area contributed by atoms with Gasteiger partial charge in [0.1, 0.15) is 5.75 Å². The van der Waals surface area contributed by atoms with Crippen molar-refractivity contribution in [2.75, 3.05) is 6.61 Å². The van der Waals surface area contributed by atoms with Crippen LogP contribution < -0.4 is 4.74 Å². The SMILES string of the molecule is CCCCCCCCCCCCOc1ccc(-c2cc3cc4sc(-c5ccccc5)cc4cc3s2)cc1. The molecule has 0 radical (unpaired) electrons. The Morgan fingerprint density at radius 3 is 1.62 bits per heavy atom. The van der Waals surface area contributed by atoms with E-state index in [1.807, 2.05) is 22.7 Å². The lowest BCUT2D eigenvalue weighted by molar-refractivity contribution is 0.304. The lowest BCUT2D eigenvalue weighted by Crippen LogP contribution is -1.97. The average molecular weight is 527 g/mol. The molecule has 2 aromatic heterocycles. The highest BCUT2D eigenvalue weighted by Gasteiger charge is 2.10. The highest BCUT2D eigenvalue weighted by Crippen LogP contribution is 2.40. The molecule has 0 unspecified atom stereocenters. The van der Waals surface area contributed by atoms with Crippen LogP contribution in [0.3, 0.4) is 0 Å². The van der Waals surface area contributed by atoms with E-state index in [-0.39, 0.29) is 0 Å². The zero-order valence-electron chi connectivity index (χ0n) is 22.0. The lowest BCUT2D eigenvalue weighted by Gasteiger charge is -2.07. The van der Waals surface area contributed by atoms with Crippen LogP contribution >= 0.6 is 22.7 Å². The minimum atomic E-state index is 0.820. The molecule has 0 aliphatic rings. The van der Waals surface area contributed by atoms with Crippen molar-refractivity contribution in [3.05, 3.63) is 78.9 Å². The molecule has 3 aromatic carbocycles. The predicted molar refractivity (Wildman–Crippen MR) is 165 cm³/mol. The zero-order chi connectivity index (χ0) is 25.3. The summed E-state index contributed by atoms with van der Waals surface area (Å²) in [5.41, 5.74) is 2.56. The molecule has 0 aliphatic heterocycles. The Hall–Kier alpha value is -2.62. The molecule has 0 bridgehead atoms. The predicted octanol–water partition coefficient (Wildman–Crippen LogP) is 11.7. The number of thiophene rings is 2. The normalized spacial score (nSPS) is 11.5. The second-order valence-corrected chi connectivity index (χ2v) is 12.2. The molecule has 37 heavy (non-hydrogen) atoms. The summed E-state index contributed by atoms with van der Waals surface area (Å²) in [7, 11) is 0. The van der Waals surface area contributed by atoms with E-state index in [4.69, 9.17) is 4.74 Å². The van der Waals surface area contributed by atoms with Gasteiger partial charge in [-0.05, 0) is 76.9 Å². The van der Waals surface area contributed by atoms with E-state index in [1.165, 1.54) is 98.8 Å². The molecule has 0 saturated carbocycles. The maximum absolute atomic E-state index is 6.02. The second kappa shape index (κ2) is 13.3. The topological polar surface area (TPSA) is 9.23 Å². The minimum Gasteiger partial charge on any atom is -0.494 e. The van der Waals surface area contributed by atoms with Gasteiger partial charge in [0.2, 0.25) is 0 Å². The first-order chi connectivity index (χ1) is 18.3. The fraction of sp³-hybridized carbons (Fsp3) is 0.353. The summed E-state index contributed by atoms with van der Waals surface area (Å²) in [6.45, 7) is 3.10. The Balaban J connectivity index is 1.11. The van der Waals surface area contributed by atoms with E-state index in [9.17, 15) is 0 Å². The van der Waals surface area contributed by atoms with Crippen molar-refractivity contribution < 1.29 is 4.74 Å². The Morgan fingerprint density at radius 2 is 1.05 bits per heavy atom. The molecule has 0 N–H and O–H groups in total. The molecule has 0 spiro atoms. The highest BCUT2D eigenvalue weighted by atomic mass is 32.1. The van der Waals surface area contributed by atoms with Gasteiger partial charge in [-0.25, -0.2) is 0 Å². The van der Waals surface area contributed by atoms with Crippen molar-refractivity contribution in [2.24, 2.45) is 0 Å². The van der Waals surface area contributed by atoms with Gasteiger partial charge in [0.15, 0.2) is 0 Å². The molecule has 0 fully saturated rings. The van der Waals surface area contributed by atoms with Gasteiger partial charge >= 0.3 is 0 Å². The van der Waals surface area contributed by atoms with Crippen molar-refractivity contribution in [1.29, 1.82) is 0 Å². The molecule has 0 saturated heterocycles. The van der Waals surface area contributed by atoms with Crippen LogP contribution in [0.4, 0.5) is 0 Å². The third-order valence-electron chi connectivity index (χ3n) is 7.12. The highest BCUT2D eigenvalue weighted by molar-refractivity contribution is 7.23. The lowest BCUT2D eigenvalue weighted by atomic mass is 10.1. The van der Waals surface area contributed by atoms with E-state index in [0.717, 1.165) is 18.8 Å². The average Bonchev–Trinajstić information content (AvgIpc) is 3.54. The van der Waals surface area contributed by atoms with E-state index >= 15 is 0 Å². The van der Waals surface area contributed by atoms with E-state index in [2.05, 4.69) is 85.8 Å². The Labute approximate surface area is 230 Å². The maximum atomic E-state index is 6.02. The molecule has 192 valence electrons. The Bertz CT molecular complexity index is 1330. The van der Waals surface area contributed by atoms with Crippen LogP contribution in [-0.2, 0) is 0 Å². The largest absolute Gasteiger partial charge is 0.494 e. The van der Waals surface area contributed by atoms with E-state index in [1.54, 1.807) is 0 Å². The summed E-state index contributed by atoms with van der Waals surface area (Å²) in [6.07, 6.45) is 13.5. The van der Waals surface area contributed by atoms with Gasteiger partial charge in [-0.2, -0.15) is 0 Å². The second-order valence-electron chi connectivity index (χ2n) is 10.1. The van der Waals surface area contributed by atoms with Gasteiger partial charge in [-0.1, -0.05) is 95.0 Å². The molecule has 0 aliphatic carbocycles. The molecular formula is C34H38OS2. The van der Waals surface area contributed by atoms with Crippen LogP contribution in [-0.4, -0.2) is 6.61 Å². The van der Waals surface area contributed by atoms with Crippen LogP contribution in [0.5, 0.6) is 5.75 Å². The molecule has 0 atom stereocenters. The van der Waals surface area contributed by atoms with Gasteiger partial charge in [0, 0.05) is 19.2 Å². The minimum absolute atomic E-state index is 0.820. The summed E-state index contributed by atoms with van der Waals surface area (Å²) >= 11 is 3.75. The number of hydrogen-bond donors (Lipinski definition) is 0. The van der Waals surface area contributed by atoms with Crippen LogP contribution in [0, 0.1) is 0 Å². The first kappa shape index (κ1) is 26.0. The zero-order valence-corrected chi connectivity index (χ0v) is 23.6. The molecule has 1 nitrogen and oxygen atoms in total. The van der Waals surface area contributed by atoms with Crippen molar-refractivity contribution in [1.82, 2.24) is 0 Å². The number of unbranched alkanes of at least 4 members (excludes halogenated alkanes) is 9. The van der Waals surface area contributed by atoms with Gasteiger partial charge in [-0.15, -0.1) is 22.7 Å². The molecular weight excluding hydrogens is 489 g/mol. The Morgan fingerprint density at radius 1 is 0.541 bits per heavy atom. The smallest absolute Gasteiger partial charge is 0.119 e. The third kappa shape index (κ3) is 7.03. The molecule has 3 heteroatoms. The van der Waals surface area contributed by atoms with Crippen molar-refractivity contribution in [2.45, 2.75) is 71.1 Å². The number of fused-ring (bicyclic) bond motifs is 2. The number of hydrogen-bond acceptors (Lipinski definition) is 3. The molecule has 0 amide bonds. The maximum Gasteiger partial charge on any atom is 0.119 e. The number of rotatable bonds is 14. The summed E-state index contributed by atoms with van der Waals surface area (Å²) in [5, 5.41) is 2.66. The van der Waals surface area contributed by atoms with Crippen LogP contribution in [0.2, 0.25) is 0 Å². The summed E-state index contributed by atoms with van der Waals surface area (Å²) in [4.78, 5) is 2.65. The number of benzene rings is 3. The van der Waals surface area contributed by atoms with E-state index in [0.29, 0.717) is 0 Å². The molecule has 5 rings (SSSR count). The fourth-order valence-electron chi connectivity index (χ4n) is 4.95. The van der Waals surface area contributed by atoms with Crippen molar-refractivity contribution in [3.63, 3.8) is 0 Å². The quantitative estimate of drug-likeness (QED) is 0.131. The summed E-state index contributed by atoms with van der Waals surface area (Å²) < 4.78 is 8.72. The fourth-order valence-corrected chi connectivity index (χ4v) is 7.15. The third-order valence-corrected chi connectivity index (χ3v) is 9.41. The number of ether oxygens (including phenoxy) is 1.